The maximum Gasteiger partial charge on any atom is 0.231 e. The number of nitrogens with zero attached hydrogens (tertiary/aromatic N) is 2. The monoisotopic (exact) mass is 302 g/mol. The van der Waals surface area contributed by atoms with Gasteiger partial charge in [-0.25, -0.2) is 8.42 Å². The standard InChI is InChI=1S/C16H18N2O2S/c1-13-7-9-14(10-8-13)12-17-15-5-4-6-16(11-15)18(2)21(3,19)20/h4-12H,1-3H3. The number of benzene rings is 2. The molecular formula is C16H18N2O2S. The molecule has 0 saturated carbocycles. The molecule has 0 saturated heterocycles. The second kappa shape index (κ2) is 6.10. The quantitative estimate of drug-likeness (QED) is 0.815. The van der Waals surface area contributed by atoms with Crippen LogP contribution in [0.25, 0.3) is 0 Å². The molecule has 0 fully saturated rings. The van der Waals surface area contributed by atoms with Gasteiger partial charge in [0.25, 0.3) is 0 Å². The van der Waals surface area contributed by atoms with Crippen molar-refractivity contribution in [1.29, 1.82) is 0 Å². The lowest BCUT2D eigenvalue weighted by molar-refractivity contribution is 0.600. The van der Waals surface area contributed by atoms with Gasteiger partial charge in [-0.2, -0.15) is 0 Å². The van der Waals surface area contributed by atoms with Crippen LogP contribution in [-0.4, -0.2) is 27.9 Å². The second-order valence-corrected chi connectivity index (χ2v) is 6.93. The largest absolute Gasteiger partial charge is 0.273 e. The molecule has 4 nitrogen and oxygen atoms in total. The van der Waals surface area contributed by atoms with Crippen LogP contribution < -0.4 is 4.31 Å². The highest BCUT2D eigenvalue weighted by Gasteiger charge is 2.11. The van der Waals surface area contributed by atoms with Crippen molar-refractivity contribution in [2.75, 3.05) is 17.6 Å². The third-order valence-corrected chi connectivity index (χ3v) is 4.34. The summed E-state index contributed by atoms with van der Waals surface area (Å²) in [6.45, 7) is 2.03. The van der Waals surface area contributed by atoms with E-state index in [9.17, 15) is 8.42 Å². The summed E-state index contributed by atoms with van der Waals surface area (Å²) in [5, 5.41) is 0. The SMILES string of the molecule is Cc1ccc(C=Nc2cccc(N(C)S(C)(=O)=O)c2)cc1. The molecule has 0 heterocycles. The third kappa shape index (κ3) is 4.16. The van der Waals surface area contributed by atoms with E-state index in [4.69, 9.17) is 0 Å². The lowest BCUT2D eigenvalue weighted by Crippen LogP contribution is -2.24. The van der Waals surface area contributed by atoms with Crippen LogP contribution in [0.5, 0.6) is 0 Å². The Morgan fingerprint density at radius 3 is 2.38 bits per heavy atom. The minimum atomic E-state index is -3.26. The van der Waals surface area contributed by atoms with Crippen molar-refractivity contribution in [3.8, 4) is 0 Å². The number of aryl methyl sites for hydroxylation is 1. The Labute approximate surface area is 125 Å². The van der Waals surface area contributed by atoms with E-state index in [1.165, 1.54) is 23.2 Å². The topological polar surface area (TPSA) is 49.7 Å². The van der Waals surface area contributed by atoms with Crippen molar-refractivity contribution in [2.24, 2.45) is 4.99 Å². The van der Waals surface area contributed by atoms with E-state index in [-0.39, 0.29) is 0 Å². The normalized spacial score (nSPS) is 11.8. The van der Waals surface area contributed by atoms with Crippen molar-refractivity contribution in [3.63, 3.8) is 0 Å². The molecule has 0 amide bonds. The molecule has 110 valence electrons. The van der Waals surface area contributed by atoms with Crippen molar-refractivity contribution in [3.05, 3.63) is 59.7 Å². The zero-order valence-electron chi connectivity index (χ0n) is 12.3. The molecule has 0 aliphatic heterocycles. The highest BCUT2D eigenvalue weighted by atomic mass is 32.2. The molecule has 2 rings (SSSR count). The Kier molecular flexibility index (Phi) is 4.43. The number of hydrogen-bond acceptors (Lipinski definition) is 3. The molecule has 2 aromatic carbocycles. The summed E-state index contributed by atoms with van der Waals surface area (Å²) in [5.41, 5.74) is 3.51. The number of rotatable bonds is 4. The van der Waals surface area contributed by atoms with Crippen LogP contribution in [0.3, 0.4) is 0 Å². The van der Waals surface area contributed by atoms with Gasteiger partial charge in [-0.05, 0) is 30.7 Å². The van der Waals surface area contributed by atoms with Crippen molar-refractivity contribution in [1.82, 2.24) is 0 Å². The fourth-order valence-electron chi connectivity index (χ4n) is 1.76. The minimum Gasteiger partial charge on any atom is -0.273 e. The van der Waals surface area contributed by atoms with E-state index in [1.54, 1.807) is 24.4 Å². The van der Waals surface area contributed by atoms with Gasteiger partial charge >= 0.3 is 0 Å². The molecule has 0 bridgehead atoms. The Morgan fingerprint density at radius 1 is 1.10 bits per heavy atom. The predicted octanol–water partition coefficient (Wildman–Crippen LogP) is 3.14. The van der Waals surface area contributed by atoms with Crippen LogP contribution in [0.15, 0.2) is 53.5 Å². The highest BCUT2D eigenvalue weighted by Crippen LogP contribution is 2.22. The fraction of sp³-hybridized carbons (Fsp3) is 0.188. The van der Waals surface area contributed by atoms with Crippen LogP contribution in [0, 0.1) is 6.92 Å². The van der Waals surface area contributed by atoms with E-state index in [1.807, 2.05) is 37.3 Å². The predicted molar refractivity (Wildman–Crippen MR) is 88.1 cm³/mol. The zero-order valence-corrected chi connectivity index (χ0v) is 13.1. The molecule has 5 heteroatoms. The highest BCUT2D eigenvalue weighted by molar-refractivity contribution is 7.92. The van der Waals surface area contributed by atoms with Gasteiger partial charge in [0.05, 0.1) is 17.6 Å². The summed E-state index contributed by atoms with van der Waals surface area (Å²) in [5.74, 6) is 0. The van der Waals surface area contributed by atoms with E-state index in [2.05, 4.69) is 4.99 Å². The summed E-state index contributed by atoms with van der Waals surface area (Å²) in [7, 11) is -1.74. The molecule has 0 aliphatic carbocycles. The second-order valence-electron chi connectivity index (χ2n) is 4.92. The van der Waals surface area contributed by atoms with Crippen LogP contribution in [-0.2, 0) is 10.0 Å². The molecule has 0 unspecified atom stereocenters. The van der Waals surface area contributed by atoms with Gasteiger partial charge in [0.2, 0.25) is 10.0 Å². The molecule has 2 aromatic rings. The first-order valence-electron chi connectivity index (χ1n) is 6.51. The van der Waals surface area contributed by atoms with Gasteiger partial charge in [0.15, 0.2) is 0 Å². The number of hydrogen-bond donors (Lipinski definition) is 0. The van der Waals surface area contributed by atoms with Gasteiger partial charge in [-0.15, -0.1) is 0 Å². The van der Waals surface area contributed by atoms with E-state index in [0.29, 0.717) is 11.4 Å². The number of anilines is 1. The fourth-order valence-corrected chi connectivity index (χ4v) is 2.26. The van der Waals surface area contributed by atoms with Crippen molar-refractivity contribution >= 4 is 27.6 Å². The van der Waals surface area contributed by atoms with Gasteiger partial charge in [-0.3, -0.25) is 9.30 Å². The molecule has 0 aromatic heterocycles. The molecule has 0 spiro atoms. The Hall–Kier alpha value is -2.14. The Balaban J connectivity index is 2.24. The van der Waals surface area contributed by atoms with Gasteiger partial charge in [0.1, 0.15) is 0 Å². The van der Waals surface area contributed by atoms with Gasteiger partial charge in [0, 0.05) is 13.3 Å². The lowest BCUT2D eigenvalue weighted by atomic mass is 10.2. The van der Waals surface area contributed by atoms with Crippen LogP contribution >= 0.6 is 0 Å². The van der Waals surface area contributed by atoms with Gasteiger partial charge < -0.3 is 0 Å². The lowest BCUT2D eigenvalue weighted by Gasteiger charge is -2.16. The minimum absolute atomic E-state index is 0.594. The first-order chi connectivity index (χ1) is 9.86. The zero-order chi connectivity index (χ0) is 15.5. The Morgan fingerprint density at radius 2 is 1.76 bits per heavy atom. The molecule has 0 N–H and O–H groups in total. The third-order valence-electron chi connectivity index (χ3n) is 3.13. The molecule has 0 atom stereocenters. The molecular weight excluding hydrogens is 284 g/mol. The molecule has 21 heavy (non-hydrogen) atoms. The number of aliphatic imine (C=N–C) groups is 1. The van der Waals surface area contributed by atoms with Crippen molar-refractivity contribution < 1.29 is 8.42 Å². The van der Waals surface area contributed by atoms with Crippen LogP contribution in [0.2, 0.25) is 0 Å². The average Bonchev–Trinajstić information content (AvgIpc) is 2.45. The van der Waals surface area contributed by atoms with E-state index < -0.39 is 10.0 Å². The maximum atomic E-state index is 11.5. The summed E-state index contributed by atoms with van der Waals surface area (Å²) >= 11 is 0. The maximum absolute atomic E-state index is 11.5. The summed E-state index contributed by atoms with van der Waals surface area (Å²) in [6.07, 6.45) is 2.94. The average molecular weight is 302 g/mol. The van der Waals surface area contributed by atoms with Crippen LogP contribution in [0.4, 0.5) is 11.4 Å². The Bertz CT molecular complexity index is 750. The smallest absolute Gasteiger partial charge is 0.231 e. The van der Waals surface area contributed by atoms with Crippen molar-refractivity contribution in [2.45, 2.75) is 6.92 Å². The summed E-state index contributed by atoms with van der Waals surface area (Å²) < 4.78 is 24.3. The summed E-state index contributed by atoms with van der Waals surface area (Å²) in [4.78, 5) is 4.38. The first-order valence-corrected chi connectivity index (χ1v) is 8.36. The molecule has 0 radical (unpaired) electrons. The van der Waals surface area contributed by atoms with Gasteiger partial charge in [-0.1, -0.05) is 35.9 Å². The van der Waals surface area contributed by atoms with E-state index >= 15 is 0 Å². The first kappa shape index (κ1) is 15.3. The van der Waals surface area contributed by atoms with Crippen LogP contribution in [0.1, 0.15) is 11.1 Å². The van der Waals surface area contributed by atoms with E-state index in [0.717, 1.165) is 5.56 Å². The summed E-state index contributed by atoms with van der Waals surface area (Å²) in [6, 6.07) is 15.1. The number of sulfonamides is 1. The molecule has 0 aliphatic rings.